The maximum atomic E-state index is 11.7. The number of ether oxygens (including phenoxy) is 2. The zero-order valence-electron chi connectivity index (χ0n) is 12.0. The number of esters is 1. The van der Waals surface area contributed by atoms with Crippen LogP contribution in [0.3, 0.4) is 0 Å². The van der Waals surface area contributed by atoms with Gasteiger partial charge in [0.1, 0.15) is 6.10 Å². The number of nitrogens with one attached hydrogen (secondary N) is 1. The van der Waals surface area contributed by atoms with E-state index >= 15 is 0 Å². The quantitative estimate of drug-likeness (QED) is 0.778. The van der Waals surface area contributed by atoms with Crippen molar-refractivity contribution in [2.75, 3.05) is 19.7 Å². The Hall–Kier alpha value is -0.610. The Balaban J connectivity index is 1.54. The van der Waals surface area contributed by atoms with E-state index in [4.69, 9.17) is 9.47 Å². The van der Waals surface area contributed by atoms with Gasteiger partial charge in [0.2, 0.25) is 0 Å². The first-order valence-corrected chi connectivity index (χ1v) is 7.76. The smallest absolute Gasteiger partial charge is 0.308 e. The maximum absolute atomic E-state index is 11.7. The van der Waals surface area contributed by atoms with Crippen LogP contribution < -0.4 is 5.32 Å². The second-order valence-corrected chi connectivity index (χ2v) is 5.94. The lowest BCUT2D eigenvalue weighted by Gasteiger charge is -2.26. The van der Waals surface area contributed by atoms with Gasteiger partial charge in [0.05, 0.1) is 19.1 Å². The summed E-state index contributed by atoms with van der Waals surface area (Å²) in [6, 6.07) is 0. The van der Waals surface area contributed by atoms with Crippen LogP contribution in [0.5, 0.6) is 0 Å². The average Bonchev–Trinajstić information content (AvgIpc) is 2.43. The monoisotopic (exact) mass is 269 g/mol. The molecule has 1 heterocycles. The summed E-state index contributed by atoms with van der Waals surface area (Å²) < 4.78 is 11.2. The second-order valence-electron chi connectivity index (χ2n) is 5.94. The topological polar surface area (TPSA) is 47.6 Å². The molecule has 0 aromatic heterocycles. The number of rotatable bonds is 5. The highest BCUT2D eigenvalue weighted by atomic mass is 16.5. The van der Waals surface area contributed by atoms with Crippen LogP contribution in [0.25, 0.3) is 0 Å². The molecule has 4 nitrogen and oxygen atoms in total. The van der Waals surface area contributed by atoms with Gasteiger partial charge in [-0.15, -0.1) is 0 Å². The average molecular weight is 269 g/mol. The fourth-order valence-corrected chi connectivity index (χ4v) is 2.86. The van der Waals surface area contributed by atoms with Crippen LogP contribution in [-0.2, 0) is 14.3 Å². The third kappa shape index (κ3) is 5.49. The van der Waals surface area contributed by atoms with Crippen molar-refractivity contribution in [3.05, 3.63) is 0 Å². The van der Waals surface area contributed by atoms with E-state index in [1.54, 1.807) is 0 Å². The molecule has 0 amide bonds. The minimum Gasteiger partial charge on any atom is -0.462 e. The van der Waals surface area contributed by atoms with Gasteiger partial charge in [-0.1, -0.05) is 6.92 Å². The standard InChI is InChI=1S/C15H27NO3/c1-12-2-4-14(5-3-12)19-15(17)8-11-18-13-6-9-16-10-7-13/h12-14,16H,2-11H2,1H3. The Morgan fingerprint density at radius 2 is 1.74 bits per heavy atom. The molecule has 0 radical (unpaired) electrons. The molecule has 1 N–H and O–H groups in total. The molecular formula is C15H27NO3. The molecule has 0 aromatic carbocycles. The fraction of sp³-hybridized carbons (Fsp3) is 0.933. The van der Waals surface area contributed by atoms with Crippen LogP contribution >= 0.6 is 0 Å². The molecule has 1 saturated carbocycles. The first-order chi connectivity index (χ1) is 9.24. The number of carbonyl (C=O) groups excluding carboxylic acids is 1. The van der Waals surface area contributed by atoms with Crippen molar-refractivity contribution in [2.24, 2.45) is 5.92 Å². The summed E-state index contributed by atoms with van der Waals surface area (Å²) in [5, 5.41) is 3.30. The fourth-order valence-electron chi connectivity index (χ4n) is 2.86. The molecule has 1 aliphatic carbocycles. The molecule has 0 atom stereocenters. The minimum atomic E-state index is -0.0894. The second kappa shape index (κ2) is 7.85. The van der Waals surface area contributed by atoms with Crippen molar-refractivity contribution >= 4 is 5.97 Å². The lowest BCUT2D eigenvalue weighted by molar-refractivity contribution is -0.152. The SMILES string of the molecule is CC1CCC(OC(=O)CCOC2CCNCC2)CC1. The van der Waals surface area contributed by atoms with E-state index in [9.17, 15) is 4.79 Å². The highest BCUT2D eigenvalue weighted by Gasteiger charge is 2.21. The summed E-state index contributed by atoms with van der Waals surface area (Å²) >= 11 is 0. The van der Waals surface area contributed by atoms with Crippen molar-refractivity contribution in [3.8, 4) is 0 Å². The van der Waals surface area contributed by atoms with Gasteiger partial charge < -0.3 is 14.8 Å². The van der Waals surface area contributed by atoms with E-state index in [0.717, 1.165) is 44.7 Å². The van der Waals surface area contributed by atoms with E-state index in [1.807, 2.05) is 0 Å². The van der Waals surface area contributed by atoms with Crippen LogP contribution in [0.4, 0.5) is 0 Å². The normalized spacial score (nSPS) is 29.1. The first kappa shape index (κ1) is 14.8. The zero-order valence-corrected chi connectivity index (χ0v) is 12.0. The third-order valence-corrected chi connectivity index (χ3v) is 4.21. The van der Waals surface area contributed by atoms with Crippen LogP contribution in [0.1, 0.15) is 51.9 Å². The largest absolute Gasteiger partial charge is 0.462 e. The molecule has 0 spiro atoms. The molecular weight excluding hydrogens is 242 g/mol. The Morgan fingerprint density at radius 1 is 1.05 bits per heavy atom. The number of hydrogen-bond acceptors (Lipinski definition) is 4. The Labute approximate surface area is 116 Å². The van der Waals surface area contributed by atoms with Crippen LogP contribution in [0.15, 0.2) is 0 Å². The van der Waals surface area contributed by atoms with Gasteiger partial charge in [-0.05, 0) is 57.5 Å². The summed E-state index contributed by atoms with van der Waals surface area (Å²) in [6.45, 7) is 4.82. The molecule has 2 aliphatic rings. The van der Waals surface area contributed by atoms with Crippen LogP contribution in [0.2, 0.25) is 0 Å². The van der Waals surface area contributed by atoms with Gasteiger partial charge in [-0.3, -0.25) is 4.79 Å². The first-order valence-electron chi connectivity index (χ1n) is 7.76. The lowest BCUT2D eigenvalue weighted by atomic mass is 9.89. The summed E-state index contributed by atoms with van der Waals surface area (Å²) in [5.74, 6) is 0.701. The molecule has 2 rings (SSSR count). The van der Waals surface area contributed by atoms with Crippen LogP contribution in [0, 0.1) is 5.92 Å². The van der Waals surface area contributed by atoms with Crippen molar-refractivity contribution in [2.45, 2.75) is 64.1 Å². The molecule has 1 saturated heterocycles. The number of carbonyl (C=O) groups is 1. The predicted octanol–water partition coefficient (Wildman–Crippen LogP) is 2.27. The number of piperidine rings is 1. The van der Waals surface area contributed by atoms with Gasteiger partial charge in [-0.2, -0.15) is 0 Å². The summed E-state index contributed by atoms with van der Waals surface area (Å²) in [6.07, 6.45) is 7.41. The molecule has 1 aliphatic heterocycles. The van der Waals surface area contributed by atoms with E-state index in [-0.39, 0.29) is 12.1 Å². The maximum Gasteiger partial charge on any atom is 0.308 e. The van der Waals surface area contributed by atoms with Gasteiger partial charge in [0.15, 0.2) is 0 Å². The van der Waals surface area contributed by atoms with Crippen molar-refractivity contribution in [1.29, 1.82) is 0 Å². The molecule has 19 heavy (non-hydrogen) atoms. The van der Waals surface area contributed by atoms with Gasteiger partial charge in [0.25, 0.3) is 0 Å². The van der Waals surface area contributed by atoms with E-state index in [0.29, 0.717) is 19.1 Å². The molecule has 0 aromatic rings. The van der Waals surface area contributed by atoms with Gasteiger partial charge in [-0.25, -0.2) is 0 Å². The molecule has 4 heteroatoms. The molecule has 0 bridgehead atoms. The van der Waals surface area contributed by atoms with Gasteiger partial charge >= 0.3 is 5.97 Å². The highest BCUT2D eigenvalue weighted by molar-refractivity contribution is 5.69. The Bertz CT molecular complexity index is 269. The summed E-state index contributed by atoms with van der Waals surface area (Å²) in [7, 11) is 0. The van der Waals surface area contributed by atoms with E-state index in [1.165, 1.54) is 12.8 Å². The Morgan fingerprint density at radius 3 is 2.42 bits per heavy atom. The van der Waals surface area contributed by atoms with Crippen LogP contribution in [-0.4, -0.2) is 37.9 Å². The minimum absolute atomic E-state index is 0.0894. The third-order valence-electron chi connectivity index (χ3n) is 4.21. The van der Waals surface area contributed by atoms with Crippen molar-refractivity contribution in [1.82, 2.24) is 5.32 Å². The Kier molecular flexibility index (Phi) is 6.11. The van der Waals surface area contributed by atoms with Crippen molar-refractivity contribution in [3.63, 3.8) is 0 Å². The number of hydrogen-bond donors (Lipinski definition) is 1. The summed E-state index contributed by atoms with van der Waals surface area (Å²) in [5.41, 5.74) is 0. The lowest BCUT2D eigenvalue weighted by Crippen LogP contribution is -2.33. The highest BCUT2D eigenvalue weighted by Crippen LogP contribution is 2.25. The van der Waals surface area contributed by atoms with Gasteiger partial charge in [0, 0.05) is 0 Å². The van der Waals surface area contributed by atoms with E-state index < -0.39 is 0 Å². The zero-order chi connectivity index (χ0) is 13.5. The van der Waals surface area contributed by atoms with Crippen molar-refractivity contribution < 1.29 is 14.3 Å². The molecule has 0 unspecified atom stereocenters. The molecule has 110 valence electrons. The molecule has 2 fully saturated rings. The predicted molar refractivity (Wildman–Crippen MR) is 74.0 cm³/mol. The van der Waals surface area contributed by atoms with E-state index in [2.05, 4.69) is 12.2 Å². The summed E-state index contributed by atoms with van der Waals surface area (Å²) in [4.78, 5) is 11.7.